The number of aromatic nitrogens is 1. The number of hydrogen-bond acceptors (Lipinski definition) is 3. The lowest BCUT2D eigenvalue weighted by Crippen LogP contribution is -1.97. The Hall–Kier alpha value is -1.74. The quantitative estimate of drug-likeness (QED) is 0.889. The van der Waals surface area contributed by atoms with Crippen molar-refractivity contribution in [1.29, 1.82) is 0 Å². The highest BCUT2D eigenvalue weighted by Crippen LogP contribution is 2.26. The summed E-state index contributed by atoms with van der Waals surface area (Å²) >= 11 is 5.66. The lowest BCUT2D eigenvalue weighted by molar-refractivity contribution is 0.276. The minimum atomic E-state index is -0.0524. The Balaban J connectivity index is 2.05. The van der Waals surface area contributed by atoms with E-state index in [9.17, 15) is 5.11 Å². The first-order valence-corrected chi connectivity index (χ1v) is 5.15. The van der Waals surface area contributed by atoms with E-state index in [0.717, 1.165) is 5.56 Å². The number of nitrogens with zero attached hydrogens (tertiary/aromatic N) is 1. The minimum absolute atomic E-state index is 0.0524. The van der Waals surface area contributed by atoms with Gasteiger partial charge in [0.15, 0.2) is 5.75 Å². The Morgan fingerprint density at radius 1 is 1.25 bits per heavy atom. The summed E-state index contributed by atoms with van der Waals surface area (Å²) in [5.74, 6) is 0.136. The average Bonchev–Trinajstić information content (AvgIpc) is 2.29. The van der Waals surface area contributed by atoms with Gasteiger partial charge >= 0.3 is 0 Å². The van der Waals surface area contributed by atoms with Crippen LogP contribution in [0.1, 0.15) is 5.56 Å². The molecular formula is C12H10ClNO2. The molecule has 0 aliphatic heterocycles. The van der Waals surface area contributed by atoms with Crippen LogP contribution in [0.5, 0.6) is 11.6 Å². The normalized spacial score (nSPS) is 10.1. The largest absolute Gasteiger partial charge is 0.503 e. The van der Waals surface area contributed by atoms with E-state index >= 15 is 0 Å². The molecule has 0 atom stereocenters. The summed E-state index contributed by atoms with van der Waals surface area (Å²) < 4.78 is 5.36. The fourth-order valence-corrected chi connectivity index (χ4v) is 1.41. The van der Waals surface area contributed by atoms with Gasteiger partial charge in [-0.05, 0) is 5.56 Å². The van der Waals surface area contributed by atoms with Gasteiger partial charge in [-0.1, -0.05) is 41.9 Å². The second kappa shape index (κ2) is 4.86. The third-order valence-electron chi connectivity index (χ3n) is 2.02. The third-order valence-corrected chi connectivity index (χ3v) is 2.22. The third kappa shape index (κ3) is 2.64. The van der Waals surface area contributed by atoms with Gasteiger partial charge in [0.2, 0.25) is 0 Å². The van der Waals surface area contributed by atoms with Gasteiger partial charge in [-0.2, -0.15) is 0 Å². The summed E-state index contributed by atoms with van der Waals surface area (Å²) in [6, 6.07) is 11.1. The number of halogens is 1. The van der Waals surface area contributed by atoms with Crippen molar-refractivity contribution >= 4 is 11.6 Å². The van der Waals surface area contributed by atoms with E-state index in [1.165, 1.54) is 12.3 Å². The topological polar surface area (TPSA) is 42.4 Å². The molecule has 16 heavy (non-hydrogen) atoms. The van der Waals surface area contributed by atoms with Crippen molar-refractivity contribution in [3.05, 3.63) is 53.2 Å². The summed E-state index contributed by atoms with van der Waals surface area (Å²) in [6.07, 6.45) is 1.43. The maximum atomic E-state index is 9.50. The molecule has 2 rings (SSSR count). The van der Waals surface area contributed by atoms with Crippen LogP contribution in [-0.4, -0.2) is 10.1 Å². The molecule has 0 aliphatic carbocycles. The van der Waals surface area contributed by atoms with E-state index < -0.39 is 0 Å². The second-order valence-corrected chi connectivity index (χ2v) is 3.69. The summed E-state index contributed by atoms with van der Waals surface area (Å²) in [6.45, 7) is 0.364. The maximum absolute atomic E-state index is 9.50. The van der Waals surface area contributed by atoms with Gasteiger partial charge in [-0.3, -0.25) is 0 Å². The molecule has 0 saturated carbocycles. The first kappa shape index (κ1) is 10.8. The number of pyridine rings is 1. The van der Waals surface area contributed by atoms with Crippen molar-refractivity contribution in [3.8, 4) is 11.6 Å². The molecule has 1 N–H and O–H groups in total. The maximum Gasteiger partial charge on any atom is 0.257 e. The van der Waals surface area contributed by atoms with Crippen molar-refractivity contribution in [3.63, 3.8) is 0 Å². The van der Waals surface area contributed by atoms with Crippen molar-refractivity contribution in [1.82, 2.24) is 4.98 Å². The highest BCUT2D eigenvalue weighted by molar-refractivity contribution is 6.30. The summed E-state index contributed by atoms with van der Waals surface area (Å²) in [5.41, 5.74) is 1.01. The first-order valence-electron chi connectivity index (χ1n) is 4.77. The molecule has 0 unspecified atom stereocenters. The van der Waals surface area contributed by atoms with E-state index in [1.807, 2.05) is 30.3 Å². The van der Waals surface area contributed by atoms with Crippen LogP contribution in [0.15, 0.2) is 42.6 Å². The Kier molecular flexibility index (Phi) is 3.27. The molecule has 0 spiro atoms. The highest BCUT2D eigenvalue weighted by atomic mass is 35.5. The SMILES string of the molecule is Oc1cc(Cl)cnc1OCc1ccccc1. The number of hydrogen-bond donors (Lipinski definition) is 1. The Bertz CT molecular complexity index is 474. The van der Waals surface area contributed by atoms with E-state index in [1.54, 1.807) is 0 Å². The Morgan fingerprint density at radius 2 is 2.00 bits per heavy atom. The second-order valence-electron chi connectivity index (χ2n) is 3.25. The molecule has 82 valence electrons. The molecule has 3 nitrogen and oxygen atoms in total. The van der Waals surface area contributed by atoms with E-state index in [-0.39, 0.29) is 11.6 Å². The van der Waals surface area contributed by atoms with Gasteiger partial charge in [0.25, 0.3) is 5.88 Å². The monoisotopic (exact) mass is 235 g/mol. The van der Waals surface area contributed by atoms with Crippen LogP contribution in [0.2, 0.25) is 5.02 Å². The molecule has 0 radical (unpaired) electrons. The van der Waals surface area contributed by atoms with Crippen molar-refractivity contribution in [2.45, 2.75) is 6.61 Å². The van der Waals surface area contributed by atoms with Crippen LogP contribution >= 0.6 is 11.6 Å². The number of benzene rings is 1. The molecular weight excluding hydrogens is 226 g/mol. The molecule has 0 amide bonds. The number of ether oxygens (including phenoxy) is 1. The molecule has 1 aromatic carbocycles. The van der Waals surface area contributed by atoms with Gasteiger partial charge in [-0.25, -0.2) is 4.98 Å². The standard InChI is InChI=1S/C12H10ClNO2/c13-10-6-11(15)12(14-7-10)16-8-9-4-2-1-3-5-9/h1-7,15H,8H2. The lowest BCUT2D eigenvalue weighted by Gasteiger charge is -2.06. The van der Waals surface area contributed by atoms with Gasteiger partial charge in [-0.15, -0.1) is 0 Å². The molecule has 4 heteroatoms. The highest BCUT2D eigenvalue weighted by Gasteiger charge is 2.04. The summed E-state index contributed by atoms with van der Waals surface area (Å²) in [5, 5.41) is 9.88. The molecule has 0 saturated heterocycles. The number of aromatic hydroxyl groups is 1. The van der Waals surface area contributed by atoms with E-state index in [2.05, 4.69) is 4.98 Å². The predicted octanol–water partition coefficient (Wildman–Crippen LogP) is 3.02. The smallest absolute Gasteiger partial charge is 0.257 e. The zero-order chi connectivity index (χ0) is 11.4. The molecule has 2 aromatic rings. The summed E-state index contributed by atoms with van der Waals surface area (Å²) in [7, 11) is 0. The van der Waals surface area contributed by atoms with Gasteiger partial charge in [0, 0.05) is 12.3 Å². The van der Waals surface area contributed by atoms with E-state index in [0.29, 0.717) is 11.6 Å². The van der Waals surface area contributed by atoms with Crippen LogP contribution in [0.25, 0.3) is 0 Å². The Labute approximate surface area is 98.3 Å². The zero-order valence-electron chi connectivity index (χ0n) is 8.43. The average molecular weight is 236 g/mol. The number of rotatable bonds is 3. The molecule has 0 aliphatic rings. The minimum Gasteiger partial charge on any atom is -0.503 e. The fraction of sp³-hybridized carbons (Fsp3) is 0.0833. The van der Waals surface area contributed by atoms with Crippen LogP contribution in [0.4, 0.5) is 0 Å². The van der Waals surface area contributed by atoms with Gasteiger partial charge in [0.1, 0.15) is 6.61 Å². The van der Waals surface area contributed by atoms with Gasteiger partial charge in [0.05, 0.1) is 5.02 Å². The zero-order valence-corrected chi connectivity index (χ0v) is 9.19. The lowest BCUT2D eigenvalue weighted by atomic mass is 10.2. The van der Waals surface area contributed by atoms with Gasteiger partial charge < -0.3 is 9.84 Å². The van der Waals surface area contributed by atoms with Crippen LogP contribution in [0.3, 0.4) is 0 Å². The molecule has 0 fully saturated rings. The molecule has 0 bridgehead atoms. The van der Waals surface area contributed by atoms with Crippen LogP contribution in [-0.2, 0) is 6.61 Å². The first-order chi connectivity index (χ1) is 7.75. The van der Waals surface area contributed by atoms with Crippen LogP contribution in [0, 0.1) is 0 Å². The Morgan fingerprint density at radius 3 is 2.69 bits per heavy atom. The van der Waals surface area contributed by atoms with Crippen molar-refractivity contribution in [2.24, 2.45) is 0 Å². The van der Waals surface area contributed by atoms with Crippen molar-refractivity contribution < 1.29 is 9.84 Å². The fourth-order valence-electron chi connectivity index (χ4n) is 1.25. The predicted molar refractivity (Wildman–Crippen MR) is 61.7 cm³/mol. The van der Waals surface area contributed by atoms with Crippen molar-refractivity contribution in [2.75, 3.05) is 0 Å². The molecule has 1 aromatic heterocycles. The summed E-state index contributed by atoms with van der Waals surface area (Å²) in [4.78, 5) is 3.89. The van der Waals surface area contributed by atoms with E-state index in [4.69, 9.17) is 16.3 Å². The van der Waals surface area contributed by atoms with Crippen LogP contribution < -0.4 is 4.74 Å². The molecule has 1 heterocycles.